The zero-order chi connectivity index (χ0) is 9.19. The van der Waals surface area contributed by atoms with Crippen molar-refractivity contribution in [3.05, 3.63) is 0 Å². The van der Waals surface area contributed by atoms with Crippen molar-refractivity contribution in [1.29, 1.82) is 0 Å². The monoisotopic (exact) mass is 197 g/mol. The van der Waals surface area contributed by atoms with E-state index < -0.39 is 22.1 Å². The van der Waals surface area contributed by atoms with Gasteiger partial charge in [0, 0.05) is 13.1 Å². The van der Waals surface area contributed by atoms with Crippen molar-refractivity contribution in [3.8, 4) is 0 Å². The number of nitrogens with zero attached hydrogens (tertiary/aromatic N) is 1. The Morgan fingerprint density at radius 2 is 2.33 bits per heavy atom. The van der Waals surface area contributed by atoms with Crippen LogP contribution in [0, 0.1) is 0 Å². The second kappa shape index (κ2) is 3.68. The lowest BCUT2D eigenvalue weighted by Crippen LogP contribution is -2.42. The minimum absolute atomic E-state index is 0.469. The average Bonchev–Trinajstić information content (AvgIpc) is 1.82. The third-order valence-corrected chi connectivity index (χ3v) is 2.50. The van der Waals surface area contributed by atoms with E-state index in [0.717, 1.165) is 6.54 Å². The summed E-state index contributed by atoms with van der Waals surface area (Å²) in [6, 6.07) is 0. The van der Waals surface area contributed by atoms with Crippen molar-refractivity contribution in [1.82, 2.24) is 4.90 Å². The molecule has 0 radical (unpaired) electrons. The molecule has 4 nitrogen and oxygen atoms in total. The molecule has 72 valence electrons. The molecule has 0 aromatic heterocycles. The first kappa shape index (κ1) is 9.88. The number of ether oxygens (including phenoxy) is 1. The third-order valence-electron chi connectivity index (χ3n) is 1.73. The molecule has 0 spiro atoms. The van der Waals surface area contributed by atoms with Crippen LogP contribution in [0.15, 0.2) is 0 Å². The van der Waals surface area contributed by atoms with Gasteiger partial charge in [0.05, 0.1) is 12.7 Å². The molecule has 0 aliphatic carbocycles. The first-order chi connectivity index (χ1) is 5.47. The summed E-state index contributed by atoms with van der Waals surface area (Å²) in [5.41, 5.74) is 0. The van der Waals surface area contributed by atoms with Gasteiger partial charge in [0.15, 0.2) is 0 Å². The predicted octanol–water partition coefficient (Wildman–Crippen LogP) is -0.384. The molecule has 1 fully saturated rings. The van der Waals surface area contributed by atoms with E-state index in [4.69, 9.17) is 4.74 Å². The largest absolute Gasteiger partial charge is 0.374 e. The van der Waals surface area contributed by atoms with Gasteiger partial charge < -0.3 is 9.64 Å². The second-order valence-corrected chi connectivity index (χ2v) is 4.37. The summed E-state index contributed by atoms with van der Waals surface area (Å²) in [5.74, 6) is -0.530. The van der Waals surface area contributed by atoms with Crippen molar-refractivity contribution < 1.29 is 17.0 Å². The second-order valence-electron chi connectivity index (χ2n) is 2.96. The molecule has 0 bridgehead atoms. The zero-order valence-corrected chi connectivity index (χ0v) is 7.68. The van der Waals surface area contributed by atoms with Crippen LogP contribution in [0.5, 0.6) is 0 Å². The summed E-state index contributed by atoms with van der Waals surface area (Å²) >= 11 is 0. The summed E-state index contributed by atoms with van der Waals surface area (Å²) in [6.45, 7) is 1.71. The fourth-order valence-electron chi connectivity index (χ4n) is 1.19. The Labute approximate surface area is 71.5 Å². The maximum absolute atomic E-state index is 12.2. The number of hydrogen-bond donors (Lipinski definition) is 0. The summed E-state index contributed by atoms with van der Waals surface area (Å²) in [4.78, 5) is 1.92. The van der Waals surface area contributed by atoms with Gasteiger partial charge in [-0.25, -0.2) is 0 Å². The van der Waals surface area contributed by atoms with Gasteiger partial charge >= 0.3 is 10.2 Å². The van der Waals surface area contributed by atoms with E-state index in [0.29, 0.717) is 13.2 Å². The minimum Gasteiger partial charge on any atom is -0.374 e. The molecule has 0 aromatic rings. The zero-order valence-electron chi connectivity index (χ0n) is 6.86. The van der Waals surface area contributed by atoms with Gasteiger partial charge in [-0.05, 0) is 7.05 Å². The van der Waals surface area contributed by atoms with E-state index in [1.165, 1.54) is 0 Å². The summed E-state index contributed by atoms with van der Waals surface area (Å²) < 4.78 is 37.7. The lowest BCUT2D eigenvalue weighted by molar-refractivity contribution is -0.00715. The van der Waals surface area contributed by atoms with Gasteiger partial charge in [0.2, 0.25) is 0 Å². The SMILES string of the molecule is CN1CCOC(CS(=O)(=O)F)C1. The van der Waals surface area contributed by atoms with Crippen LogP contribution in [0.3, 0.4) is 0 Å². The molecular formula is C6H12FNO3S. The normalized spacial score (nSPS) is 27.3. The van der Waals surface area contributed by atoms with E-state index in [9.17, 15) is 12.3 Å². The molecule has 1 aliphatic heterocycles. The summed E-state index contributed by atoms with van der Waals surface area (Å²) in [7, 11) is -2.55. The molecular weight excluding hydrogens is 185 g/mol. The third kappa shape index (κ3) is 3.46. The molecule has 0 amide bonds. The van der Waals surface area contributed by atoms with Crippen LogP contribution in [0.25, 0.3) is 0 Å². The fourth-order valence-corrected chi connectivity index (χ4v) is 1.84. The van der Waals surface area contributed by atoms with E-state index >= 15 is 0 Å². The molecule has 0 N–H and O–H groups in total. The van der Waals surface area contributed by atoms with Gasteiger partial charge in [0.25, 0.3) is 0 Å². The van der Waals surface area contributed by atoms with Crippen LogP contribution < -0.4 is 0 Å². The Morgan fingerprint density at radius 3 is 2.83 bits per heavy atom. The molecule has 0 aromatic carbocycles. The van der Waals surface area contributed by atoms with Crippen LogP contribution in [-0.2, 0) is 15.0 Å². The maximum atomic E-state index is 12.2. The van der Waals surface area contributed by atoms with Gasteiger partial charge in [-0.2, -0.15) is 8.42 Å². The predicted molar refractivity (Wildman–Crippen MR) is 42.1 cm³/mol. The quantitative estimate of drug-likeness (QED) is 0.566. The van der Waals surface area contributed by atoms with Crippen molar-refractivity contribution >= 4 is 10.2 Å². The van der Waals surface area contributed by atoms with Gasteiger partial charge in [0.1, 0.15) is 5.75 Å². The number of morpholine rings is 1. The Kier molecular flexibility index (Phi) is 3.03. The Balaban J connectivity index is 2.43. The molecule has 1 aliphatic rings. The van der Waals surface area contributed by atoms with Gasteiger partial charge in [-0.3, -0.25) is 0 Å². The highest BCUT2D eigenvalue weighted by Gasteiger charge is 2.23. The highest BCUT2D eigenvalue weighted by atomic mass is 32.3. The summed E-state index contributed by atoms with van der Waals surface area (Å²) in [6.07, 6.45) is -0.515. The van der Waals surface area contributed by atoms with Crippen LogP contribution in [-0.4, -0.2) is 51.9 Å². The van der Waals surface area contributed by atoms with Gasteiger partial charge in [-0.1, -0.05) is 0 Å². The first-order valence-electron chi connectivity index (χ1n) is 3.70. The molecule has 12 heavy (non-hydrogen) atoms. The molecule has 0 saturated carbocycles. The number of halogens is 1. The highest BCUT2D eigenvalue weighted by Crippen LogP contribution is 2.06. The lowest BCUT2D eigenvalue weighted by Gasteiger charge is -2.28. The van der Waals surface area contributed by atoms with Crippen molar-refractivity contribution in [2.75, 3.05) is 32.5 Å². The van der Waals surface area contributed by atoms with Crippen molar-refractivity contribution in [2.24, 2.45) is 0 Å². The Morgan fingerprint density at radius 1 is 1.67 bits per heavy atom. The van der Waals surface area contributed by atoms with Crippen LogP contribution >= 0.6 is 0 Å². The first-order valence-corrected chi connectivity index (χ1v) is 5.25. The molecule has 1 heterocycles. The van der Waals surface area contributed by atoms with Crippen LogP contribution in [0.2, 0.25) is 0 Å². The Bertz CT molecular complexity index is 241. The van der Waals surface area contributed by atoms with E-state index in [1.807, 2.05) is 11.9 Å². The average molecular weight is 197 g/mol. The number of rotatable bonds is 2. The van der Waals surface area contributed by atoms with Crippen LogP contribution in [0.1, 0.15) is 0 Å². The van der Waals surface area contributed by atoms with E-state index in [1.54, 1.807) is 0 Å². The van der Waals surface area contributed by atoms with E-state index in [2.05, 4.69) is 0 Å². The Hall–Kier alpha value is -0.200. The number of hydrogen-bond acceptors (Lipinski definition) is 4. The summed E-state index contributed by atoms with van der Waals surface area (Å²) in [5, 5.41) is 0. The topological polar surface area (TPSA) is 46.6 Å². The maximum Gasteiger partial charge on any atom is 0.305 e. The van der Waals surface area contributed by atoms with Crippen LogP contribution in [0.4, 0.5) is 3.89 Å². The standard InChI is InChI=1S/C6H12FNO3S/c1-8-2-3-11-6(4-8)5-12(7,9)10/h6H,2-5H2,1H3. The number of likely N-dealkylation sites (N-methyl/N-ethyl adjacent to an activating group) is 1. The minimum atomic E-state index is -4.40. The fraction of sp³-hybridized carbons (Fsp3) is 1.00. The highest BCUT2D eigenvalue weighted by molar-refractivity contribution is 7.86. The van der Waals surface area contributed by atoms with Gasteiger partial charge in [-0.15, -0.1) is 3.89 Å². The van der Waals surface area contributed by atoms with Crippen molar-refractivity contribution in [3.63, 3.8) is 0 Å². The van der Waals surface area contributed by atoms with E-state index in [-0.39, 0.29) is 0 Å². The smallest absolute Gasteiger partial charge is 0.305 e. The molecule has 1 rings (SSSR count). The lowest BCUT2D eigenvalue weighted by atomic mass is 10.3. The molecule has 1 unspecified atom stereocenters. The van der Waals surface area contributed by atoms with Crippen molar-refractivity contribution in [2.45, 2.75) is 6.10 Å². The molecule has 1 atom stereocenters. The molecule has 6 heteroatoms. The molecule has 1 saturated heterocycles.